The summed E-state index contributed by atoms with van der Waals surface area (Å²) in [5.74, 6) is -0.532. The Morgan fingerprint density at radius 3 is 2.42 bits per heavy atom. The summed E-state index contributed by atoms with van der Waals surface area (Å²) in [5.41, 5.74) is 0.958. The standard InChI is InChI=1S/C20H25F2N5O2S.HI/c1-24-20(25-11-9-14-5-7-16(8-6-14)30(23,28)29)26-15-10-12-27(13-15)19-17(21)3-2-4-18(19)22;/h2-8,15H,9-13H2,1H3,(H2,23,28,29)(H2,24,25,26);1H. The number of hydrogen-bond acceptors (Lipinski definition) is 4. The largest absolute Gasteiger partial charge is 0.365 e. The Morgan fingerprint density at radius 2 is 1.84 bits per heavy atom. The van der Waals surface area contributed by atoms with E-state index in [2.05, 4.69) is 15.6 Å². The molecular formula is C20H26F2IN5O2S. The van der Waals surface area contributed by atoms with Crippen molar-refractivity contribution in [1.29, 1.82) is 0 Å². The van der Waals surface area contributed by atoms with Gasteiger partial charge in [-0.1, -0.05) is 18.2 Å². The highest BCUT2D eigenvalue weighted by Crippen LogP contribution is 2.26. The Kier molecular flexibility index (Phi) is 9.01. The maximum atomic E-state index is 14.0. The molecule has 0 spiro atoms. The molecule has 31 heavy (non-hydrogen) atoms. The number of rotatable bonds is 6. The van der Waals surface area contributed by atoms with Gasteiger partial charge in [0.05, 0.1) is 4.90 Å². The highest BCUT2D eigenvalue weighted by molar-refractivity contribution is 14.0. The Bertz CT molecular complexity index is 998. The summed E-state index contributed by atoms with van der Waals surface area (Å²) in [5, 5.41) is 11.6. The van der Waals surface area contributed by atoms with E-state index in [4.69, 9.17) is 5.14 Å². The quantitative estimate of drug-likeness (QED) is 0.284. The molecule has 0 aliphatic carbocycles. The van der Waals surface area contributed by atoms with E-state index >= 15 is 0 Å². The van der Waals surface area contributed by atoms with Crippen LogP contribution in [0.25, 0.3) is 0 Å². The van der Waals surface area contributed by atoms with Crippen molar-refractivity contribution in [2.24, 2.45) is 10.1 Å². The summed E-state index contributed by atoms with van der Waals surface area (Å²) < 4.78 is 50.6. The summed E-state index contributed by atoms with van der Waals surface area (Å²) in [6, 6.07) is 10.3. The molecule has 1 atom stereocenters. The molecule has 7 nitrogen and oxygen atoms in total. The highest BCUT2D eigenvalue weighted by atomic mass is 127. The number of primary sulfonamides is 1. The molecule has 1 aliphatic rings. The molecule has 2 aromatic rings. The SMILES string of the molecule is CN=C(NCCc1ccc(S(N)(=O)=O)cc1)NC1CCN(c2c(F)cccc2F)C1.I. The molecule has 0 amide bonds. The van der Waals surface area contributed by atoms with Gasteiger partial charge in [0.1, 0.15) is 17.3 Å². The van der Waals surface area contributed by atoms with Crippen molar-refractivity contribution in [1.82, 2.24) is 10.6 Å². The molecule has 11 heteroatoms. The van der Waals surface area contributed by atoms with Crippen LogP contribution < -0.4 is 20.7 Å². The Labute approximate surface area is 198 Å². The number of benzene rings is 2. The molecule has 170 valence electrons. The van der Waals surface area contributed by atoms with E-state index < -0.39 is 21.7 Å². The lowest BCUT2D eigenvalue weighted by atomic mass is 10.1. The first-order chi connectivity index (χ1) is 14.3. The monoisotopic (exact) mass is 565 g/mol. The fourth-order valence-corrected chi connectivity index (χ4v) is 3.95. The zero-order chi connectivity index (χ0) is 21.7. The number of guanidine groups is 1. The van der Waals surface area contributed by atoms with E-state index in [0.29, 0.717) is 32.0 Å². The topological polar surface area (TPSA) is 99.8 Å². The first-order valence-electron chi connectivity index (χ1n) is 9.56. The van der Waals surface area contributed by atoms with Crippen LogP contribution in [0.5, 0.6) is 0 Å². The fraction of sp³-hybridized carbons (Fsp3) is 0.350. The van der Waals surface area contributed by atoms with Crippen LogP contribution in [-0.2, 0) is 16.4 Å². The zero-order valence-electron chi connectivity index (χ0n) is 17.0. The van der Waals surface area contributed by atoms with Gasteiger partial charge in [-0.25, -0.2) is 22.3 Å². The van der Waals surface area contributed by atoms with Gasteiger partial charge in [0, 0.05) is 32.7 Å². The molecule has 0 radical (unpaired) electrons. The van der Waals surface area contributed by atoms with E-state index in [1.165, 1.54) is 30.3 Å². The number of anilines is 1. The molecule has 0 saturated carbocycles. The third-order valence-corrected chi connectivity index (χ3v) is 5.89. The lowest BCUT2D eigenvalue weighted by Gasteiger charge is -2.21. The van der Waals surface area contributed by atoms with Gasteiger partial charge in [-0.05, 0) is 42.7 Å². The molecular weight excluding hydrogens is 539 g/mol. The maximum absolute atomic E-state index is 14.0. The van der Waals surface area contributed by atoms with Crippen molar-refractivity contribution in [2.75, 3.05) is 31.6 Å². The second kappa shape index (κ2) is 11.0. The van der Waals surface area contributed by atoms with E-state index in [1.54, 1.807) is 24.1 Å². The summed E-state index contributed by atoms with van der Waals surface area (Å²) >= 11 is 0. The van der Waals surface area contributed by atoms with Crippen LogP contribution >= 0.6 is 24.0 Å². The number of nitrogens with zero attached hydrogens (tertiary/aromatic N) is 2. The first kappa shape index (κ1) is 25.3. The molecule has 1 aliphatic heterocycles. The van der Waals surface area contributed by atoms with Gasteiger partial charge in [-0.15, -0.1) is 24.0 Å². The molecule has 1 saturated heterocycles. The minimum atomic E-state index is -3.70. The van der Waals surface area contributed by atoms with Crippen LogP contribution in [0.1, 0.15) is 12.0 Å². The van der Waals surface area contributed by atoms with Gasteiger partial charge in [0.15, 0.2) is 5.96 Å². The zero-order valence-corrected chi connectivity index (χ0v) is 20.2. The second-order valence-electron chi connectivity index (χ2n) is 7.08. The van der Waals surface area contributed by atoms with Crippen molar-refractivity contribution < 1.29 is 17.2 Å². The molecule has 1 fully saturated rings. The second-order valence-corrected chi connectivity index (χ2v) is 8.65. The average Bonchev–Trinajstić information content (AvgIpc) is 3.15. The Morgan fingerprint density at radius 1 is 1.19 bits per heavy atom. The molecule has 3 rings (SSSR count). The summed E-state index contributed by atoms with van der Waals surface area (Å²) in [6.45, 7) is 1.59. The van der Waals surface area contributed by atoms with Crippen molar-refractivity contribution >= 4 is 45.6 Å². The number of nitrogens with two attached hydrogens (primary N) is 1. The minimum absolute atomic E-state index is 0. The third-order valence-electron chi connectivity index (χ3n) is 4.96. The number of hydrogen-bond donors (Lipinski definition) is 3. The molecule has 0 bridgehead atoms. The van der Waals surface area contributed by atoms with Crippen LogP contribution in [0.15, 0.2) is 52.4 Å². The van der Waals surface area contributed by atoms with E-state index in [0.717, 1.165) is 12.0 Å². The van der Waals surface area contributed by atoms with E-state index in [-0.39, 0.29) is 40.6 Å². The summed E-state index contributed by atoms with van der Waals surface area (Å²) in [4.78, 5) is 5.97. The van der Waals surface area contributed by atoms with Crippen LogP contribution in [0.4, 0.5) is 14.5 Å². The van der Waals surface area contributed by atoms with Gasteiger partial charge >= 0.3 is 0 Å². The molecule has 1 heterocycles. The number of sulfonamides is 1. The van der Waals surface area contributed by atoms with Gasteiger partial charge < -0.3 is 15.5 Å². The molecule has 1 unspecified atom stereocenters. The first-order valence-corrected chi connectivity index (χ1v) is 11.1. The third kappa shape index (κ3) is 6.74. The maximum Gasteiger partial charge on any atom is 0.238 e. The van der Waals surface area contributed by atoms with Crippen LogP contribution in [-0.4, -0.2) is 47.1 Å². The van der Waals surface area contributed by atoms with Crippen LogP contribution in [0.3, 0.4) is 0 Å². The van der Waals surface area contributed by atoms with Gasteiger partial charge in [-0.2, -0.15) is 0 Å². The van der Waals surface area contributed by atoms with Gasteiger partial charge in [0.25, 0.3) is 0 Å². The Hall–Kier alpha value is -1.99. The van der Waals surface area contributed by atoms with Crippen LogP contribution in [0.2, 0.25) is 0 Å². The van der Waals surface area contributed by atoms with Gasteiger partial charge in [-0.3, -0.25) is 4.99 Å². The Balaban J connectivity index is 0.00000341. The summed E-state index contributed by atoms with van der Waals surface area (Å²) in [6.07, 6.45) is 1.38. The smallest absolute Gasteiger partial charge is 0.238 e. The minimum Gasteiger partial charge on any atom is -0.365 e. The van der Waals surface area contributed by atoms with Crippen molar-refractivity contribution in [3.8, 4) is 0 Å². The number of nitrogens with one attached hydrogen (secondary N) is 2. The highest BCUT2D eigenvalue weighted by Gasteiger charge is 2.27. The predicted octanol–water partition coefficient (Wildman–Crippen LogP) is 2.22. The fourth-order valence-electron chi connectivity index (χ4n) is 3.43. The molecule has 2 aromatic carbocycles. The number of halogens is 3. The number of para-hydroxylation sites is 1. The molecule has 0 aromatic heterocycles. The van der Waals surface area contributed by atoms with Gasteiger partial charge in [0.2, 0.25) is 10.0 Å². The lowest BCUT2D eigenvalue weighted by molar-refractivity contribution is 0.576. The van der Waals surface area contributed by atoms with E-state index in [1.807, 2.05) is 0 Å². The van der Waals surface area contributed by atoms with Crippen molar-refractivity contribution in [3.05, 3.63) is 59.7 Å². The summed E-state index contributed by atoms with van der Waals surface area (Å²) in [7, 11) is -2.04. The van der Waals surface area contributed by atoms with Crippen LogP contribution in [0, 0.1) is 11.6 Å². The average molecular weight is 565 g/mol. The van der Waals surface area contributed by atoms with Crippen molar-refractivity contribution in [2.45, 2.75) is 23.8 Å². The number of aliphatic imine (C=N–C) groups is 1. The molecule has 4 N–H and O–H groups in total. The van der Waals surface area contributed by atoms with E-state index in [9.17, 15) is 17.2 Å². The lowest BCUT2D eigenvalue weighted by Crippen LogP contribution is -2.45. The normalized spacial score (nSPS) is 16.7. The van der Waals surface area contributed by atoms with Crippen molar-refractivity contribution in [3.63, 3.8) is 0 Å². The predicted molar refractivity (Wildman–Crippen MR) is 128 cm³/mol.